The second-order valence-electron chi connectivity index (χ2n) is 1.89. The lowest BCUT2D eigenvalue weighted by molar-refractivity contribution is -0.137. The zero-order chi connectivity index (χ0) is 9.23. The summed E-state index contributed by atoms with van der Waals surface area (Å²) in [4.78, 5) is 28.4. The van der Waals surface area contributed by atoms with Crippen molar-refractivity contribution < 1.29 is 19.1 Å². The van der Waals surface area contributed by atoms with Gasteiger partial charge in [0.25, 0.3) is 0 Å². The van der Waals surface area contributed by atoms with Crippen LogP contribution in [0.1, 0.15) is 12.8 Å². The summed E-state index contributed by atoms with van der Waals surface area (Å²) in [5, 5.41) is 0. The molecular formula is C8H8O4. The lowest BCUT2D eigenvalue weighted by atomic mass is 10.4. The van der Waals surface area contributed by atoms with E-state index in [1.54, 1.807) is 0 Å². The largest absolute Gasteiger partial charge is 0.466 e. The Morgan fingerprint density at radius 3 is 2.00 bits per heavy atom. The van der Waals surface area contributed by atoms with Crippen LogP contribution in [0, 0.1) is 0 Å². The Morgan fingerprint density at radius 1 is 1.25 bits per heavy atom. The third-order valence-electron chi connectivity index (χ3n) is 1.01. The van der Waals surface area contributed by atoms with E-state index in [9.17, 15) is 14.4 Å². The number of allylic oxidation sites excluding steroid dienone is 2. The van der Waals surface area contributed by atoms with Gasteiger partial charge >= 0.3 is 5.97 Å². The van der Waals surface area contributed by atoms with Gasteiger partial charge in [-0.1, -0.05) is 0 Å². The molecule has 0 aromatic carbocycles. The number of ether oxygens (including phenoxy) is 1. The highest BCUT2D eigenvalue weighted by Gasteiger charge is 2.08. The van der Waals surface area contributed by atoms with Crippen molar-refractivity contribution in [3.8, 4) is 0 Å². The summed E-state index contributed by atoms with van der Waals surface area (Å²) in [5.41, 5.74) is 0. The molecular weight excluding hydrogens is 160 g/mol. The first-order valence-electron chi connectivity index (χ1n) is 3.37. The summed E-state index contributed by atoms with van der Waals surface area (Å²) >= 11 is 0. The Morgan fingerprint density at radius 2 is 1.83 bits per heavy atom. The van der Waals surface area contributed by atoms with E-state index < -0.39 is 0 Å². The molecule has 0 atom stereocenters. The smallest absolute Gasteiger partial charge is 0.305 e. The maximum Gasteiger partial charge on any atom is 0.305 e. The van der Waals surface area contributed by atoms with Crippen molar-refractivity contribution in [2.75, 3.05) is 6.61 Å². The molecule has 0 unspecified atom stereocenters. The molecule has 4 nitrogen and oxygen atoms in total. The molecule has 12 heavy (non-hydrogen) atoms. The predicted molar refractivity (Wildman–Crippen MR) is 40.7 cm³/mol. The molecule has 0 N–H and O–H groups in total. The second kappa shape index (κ2) is 7.48. The number of carbonyl (C=O) groups is 1. The van der Waals surface area contributed by atoms with Gasteiger partial charge in [0, 0.05) is 18.6 Å². The van der Waals surface area contributed by atoms with Crippen LogP contribution in [0.5, 0.6) is 0 Å². The Hall–Kier alpha value is -1.63. The van der Waals surface area contributed by atoms with Gasteiger partial charge in [-0.05, 0) is 6.42 Å². The molecule has 0 aromatic heterocycles. The van der Waals surface area contributed by atoms with Crippen LogP contribution in [-0.2, 0) is 19.1 Å². The molecule has 64 valence electrons. The van der Waals surface area contributed by atoms with Gasteiger partial charge in [0.15, 0.2) is 0 Å². The third-order valence-corrected chi connectivity index (χ3v) is 1.01. The number of carbonyl (C=O) groups excluding carboxylic acids is 3. The molecule has 0 aromatic rings. The minimum Gasteiger partial charge on any atom is -0.466 e. The van der Waals surface area contributed by atoms with Gasteiger partial charge in [-0.3, -0.25) is 4.79 Å². The average molecular weight is 168 g/mol. The number of hydrogen-bond acceptors (Lipinski definition) is 4. The zero-order valence-electron chi connectivity index (χ0n) is 6.41. The van der Waals surface area contributed by atoms with Gasteiger partial charge < -0.3 is 4.74 Å². The highest BCUT2D eigenvalue weighted by Crippen LogP contribution is 2.01. The highest BCUT2D eigenvalue weighted by molar-refractivity contribution is 5.70. The molecule has 1 rings (SSSR count). The summed E-state index contributed by atoms with van der Waals surface area (Å²) in [7, 11) is 0. The van der Waals surface area contributed by atoms with E-state index in [0.717, 1.165) is 18.6 Å². The molecule has 0 aliphatic carbocycles. The summed E-state index contributed by atoms with van der Waals surface area (Å²) in [6.45, 7) is 0.638. The highest BCUT2D eigenvalue weighted by atomic mass is 16.5. The molecule has 0 spiro atoms. The molecule has 1 fully saturated rings. The predicted octanol–water partition coefficient (Wildman–Crippen LogP) is 0.0854. The zero-order valence-corrected chi connectivity index (χ0v) is 6.41. The van der Waals surface area contributed by atoms with Crippen LogP contribution in [0.15, 0.2) is 12.2 Å². The summed E-state index contributed by atoms with van der Waals surface area (Å²) in [5.74, 6) is 2.70. The van der Waals surface area contributed by atoms with E-state index in [2.05, 4.69) is 4.74 Å². The van der Waals surface area contributed by atoms with Crippen LogP contribution < -0.4 is 0 Å². The third kappa shape index (κ3) is 6.49. The number of esters is 1. The van der Waals surface area contributed by atoms with Gasteiger partial charge in [-0.15, -0.1) is 0 Å². The lowest BCUT2D eigenvalue weighted by Gasteiger charge is -1.81. The Kier molecular flexibility index (Phi) is 6.46. The van der Waals surface area contributed by atoms with E-state index in [1.807, 2.05) is 0 Å². The van der Waals surface area contributed by atoms with Crippen molar-refractivity contribution >= 4 is 17.9 Å². The van der Waals surface area contributed by atoms with E-state index in [-0.39, 0.29) is 5.97 Å². The monoisotopic (exact) mass is 168 g/mol. The van der Waals surface area contributed by atoms with Crippen molar-refractivity contribution in [2.24, 2.45) is 0 Å². The summed E-state index contributed by atoms with van der Waals surface area (Å²) < 4.78 is 4.51. The Labute approximate surface area is 69.5 Å². The second-order valence-corrected chi connectivity index (χ2v) is 1.89. The maximum absolute atomic E-state index is 10.0. The van der Waals surface area contributed by atoms with Crippen molar-refractivity contribution in [2.45, 2.75) is 12.8 Å². The molecule has 4 heteroatoms. The first-order valence-corrected chi connectivity index (χ1v) is 3.37. The van der Waals surface area contributed by atoms with Crippen LogP contribution in [-0.4, -0.2) is 24.5 Å². The molecule has 1 heterocycles. The first kappa shape index (κ1) is 10.4. The van der Waals surface area contributed by atoms with E-state index in [0.29, 0.717) is 13.0 Å². The SMILES string of the molecule is O=C1CCCO1.O=C=CC=C=O. The molecule has 0 radical (unpaired) electrons. The lowest BCUT2D eigenvalue weighted by Crippen LogP contribution is -1.88. The van der Waals surface area contributed by atoms with Crippen LogP contribution in [0.3, 0.4) is 0 Å². The van der Waals surface area contributed by atoms with Crippen LogP contribution >= 0.6 is 0 Å². The van der Waals surface area contributed by atoms with E-state index in [1.165, 1.54) is 11.9 Å². The quantitative estimate of drug-likeness (QED) is 0.316. The summed E-state index contributed by atoms with van der Waals surface area (Å²) in [6, 6.07) is 0. The summed E-state index contributed by atoms with van der Waals surface area (Å²) in [6.07, 6.45) is 3.44. The molecule has 1 aliphatic rings. The van der Waals surface area contributed by atoms with Crippen LogP contribution in [0.25, 0.3) is 0 Å². The van der Waals surface area contributed by atoms with E-state index in [4.69, 9.17) is 0 Å². The first-order chi connectivity index (χ1) is 5.81. The normalized spacial score (nSPS) is 12.8. The fourth-order valence-electron chi connectivity index (χ4n) is 0.543. The average Bonchev–Trinajstić information content (AvgIpc) is 2.53. The van der Waals surface area contributed by atoms with Crippen molar-refractivity contribution in [3.05, 3.63) is 12.2 Å². The number of rotatable bonds is 1. The Bertz CT molecular complexity index is 207. The molecule has 1 saturated heterocycles. The fraction of sp³-hybridized carbons (Fsp3) is 0.375. The van der Waals surface area contributed by atoms with Crippen LogP contribution in [0.4, 0.5) is 0 Å². The molecule has 0 bridgehead atoms. The molecule has 0 amide bonds. The standard InChI is InChI=1S/C4H6O2.C4H2O2/c5-4-2-1-3-6-4;5-3-1-2-4-6/h1-3H2;1-2H. The van der Waals surface area contributed by atoms with Gasteiger partial charge in [0.1, 0.15) is 11.9 Å². The van der Waals surface area contributed by atoms with Gasteiger partial charge in [-0.25, -0.2) is 9.59 Å². The maximum atomic E-state index is 10.0. The van der Waals surface area contributed by atoms with Gasteiger partial charge in [0.2, 0.25) is 0 Å². The van der Waals surface area contributed by atoms with E-state index >= 15 is 0 Å². The topological polar surface area (TPSA) is 60.4 Å². The van der Waals surface area contributed by atoms with Crippen molar-refractivity contribution in [3.63, 3.8) is 0 Å². The van der Waals surface area contributed by atoms with Crippen molar-refractivity contribution in [1.29, 1.82) is 0 Å². The number of cyclic esters (lactones) is 1. The minimum atomic E-state index is -0.0463. The van der Waals surface area contributed by atoms with Crippen molar-refractivity contribution in [1.82, 2.24) is 0 Å². The Balaban J connectivity index is 0.000000202. The minimum absolute atomic E-state index is 0.0463. The number of hydrogen-bond donors (Lipinski definition) is 0. The molecule has 0 saturated carbocycles. The fourth-order valence-corrected chi connectivity index (χ4v) is 0.543. The van der Waals surface area contributed by atoms with Crippen LogP contribution in [0.2, 0.25) is 0 Å². The van der Waals surface area contributed by atoms with Gasteiger partial charge in [0.05, 0.1) is 6.61 Å². The van der Waals surface area contributed by atoms with Gasteiger partial charge in [-0.2, -0.15) is 0 Å². The molecule has 1 aliphatic heterocycles.